The number of carbonyl (C=O) groups is 1. The molecule has 1 atom stereocenters. The van der Waals surface area contributed by atoms with Crippen molar-refractivity contribution in [1.82, 2.24) is 19.2 Å². The molecule has 1 amide bonds. The molecule has 0 aliphatic rings. The molecule has 0 fully saturated rings. The topological polar surface area (TPSA) is 81.3 Å². The molecule has 1 N–H and O–H groups in total. The maximum atomic E-state index is 12.9. The van der Waals surface area contributed by atoms with Gasteiger partial charge in [-0.2, -0.15) is 0 Å². The third-order valence-electron chi connectivity index (χ3n) is 4.76. The second kappa shape index (κ2) is 8.16. The number of para-hydroxylation sites is 1. The number of amides is 1. The minimum atomic E-state index is -0.419. The number of fused-ring (bicyclic) bond motifs is 3. The fourth-order valence-electron chi connectivity index (χ4n) is 3.20. The van der Waals surface area contributed by atoms with E-state index in [-0.39, 0.29) is 11.5 Å². The van der Waals surface area contributed by atoms with Gasteiger partial charge in [-0.1, -0.05) is 47.7 Å². The first-order valence-electron chi connectivity index (χ1n) is 9.51. The molecule has 0 aliphatic heterocycles. The lowest BCUT2D eigenvalue weighted by Crippen LogP contribution is -2.24. The lowest BCUT2D eigenvalue weighted by molar-refractivity contribution is -0.115. The van der Waals surface area contributed by atoms with Crippen LogP contribution in [-0.2, 0) is 11.3 Å². The van der Waals surface area contributed by atoms with Crippen molar-refractivity contribution >= 4 is 40.0 Å². The van der Waals surface area contributed by atoms with Gasteiger partial charge in [-0.15, -0.1) is 16.8 Å². The van der Waals surface area contributed by atoms with Crippen LogP contribution in [-0.4, -0.2) is 30.3 Å². The predicted molar refractivity (Wildman–Crippen MR) is 120 cm³/mol. The van der Waals surface area contributed by atoms with E-state index in [0.717, 1.165) is 11.3 Å². The molecule has 30 heavy (non-hydrogen) atoms. The lowest BCUT2D eigenvalue weighted by Gasteiger charge is -2.13. The maximum absolute atomic E-state index is 12.9. The van der Waals surface area contributed by atoms with E-state index in [1.165, 1.54) is 16.3 Å². The Hall–Kier alpha value is -3.39. The van der Waals surface area contributed by atoms with Crippen LogP contribution >= 0.6 is 11.8 Å². The third kappa shape index (κ3) is 3.61. The highest BCUT2D eigenvalue weighted by atomic mass is 32.2. The van der Waals surface area contributed by atoms with Crippen molar-refractivity contribution in [2.45, 2.75) is 30.8 Å². The number of hydrogen-bond acceptors (Lipinski definition) is 5. The van der Waals surface area contributed by atoms with Gasteiger partial charge in [0, 0.05) is 12.2 Å². The van der Waals surface area contributed by atoms with Crippen LogP contribution in [0.2, 0.25) is 0 Å². The first-order chi connectivity index (χ1) is 14.5. The average Bonchev–Trinajstić information content (AvgIpc) is 3.16. The van der Waals surface area contributed by atoms with E-state index in [1.807, 2.05) is 60.7 Å². The zero-order valence-corrected chi connectivity index (χ0v) is 17.5. The predicted octanol–water partition coefficient (Wildman–Crippen LogP) is 3.66. The molecule has 0 spiro atoms. The average molecular weight is 420 g/mol. The highest BCUT2D eigenvalue weighted by Crippen LogP contribution is 2.26. The molecule has 152 valence electrons. The number of allylic oxidation sites excluding steroid dienone is 1. The van der Waals surface area contributed by atoms with Crippen LogP contribution in [0.5, 0.6) is 0 Å². The molecule has 2 heterocycles. The van der Waals surface area contributed by atoms with Gasteiger partial charge in [0.1, 0.15) is 0 Å². The minimum absolute atomic E-state index is 0.135. The number of rotatable bonds is 6. The van der Waals surface area contributed by atoms with Crippen molar-refractivity contribution in [3.05, 3.63) is 77.1 Å². The number of aryl methyl sites for hydroxylation is 1. The van der Waals surface area contributed by atoms with Gasteiger partial charge in [0.05, 0.1) is 16.2 Å². The first-order valence-corrected chi connectivity index (χ1v) is 10.4. The van der Waals surface area contributed by atoms with Gasteiger partial charge < -0.3 is 5.32 Å². The van der Waals surface area contributed by atoms with Crippen LogP contribution in [0.1, 0.15) is 12.5 Å². The van der Waals surface area contributed by atoms with Gasteiger partial charge in [0.15, 0.2) is 5.16 Å². The Kier molecular flexibility index (Phi) is 5.41. The summed E-state index contributed by atoms with van der Waals surface area (Å²) in [5, 5.41) is 12.1. The van der Waals surface area contributed by atoms with E-state index in [4.69, 9.17) is 0 Å². The number of hydrogen-bond donors (Lipinski definition) is 1. The Balaban J connectivity index is 1.71. The summed E-state index contributed by atoms with van der Waals surface area (Å²) in [6, 6.07) is 15.0. The number of thioether (sulfide) groups is 1. The van der Waals surface area contributed by atoms with Crippen molar-refractivity contribution in [1.29, 1.82) is 0 Å². The lowest BCUT2D eigenvalue weighted by atomic mass is 10.2. The maximum Gasteiger partial charge on any atom is 0.263 e. The van der Waals surface area contributed by atoms with Gasteiger partial charge in [0.25, 0.3) is 5.56 Å². The largest absolute Gasteiger partial charge is 0.325 e. The molecule has 2 aromatic heterocycles. The molecule has 7 nitrogen and oxygen atoms in total. The summed E-state index contributed by atoms with van der Waals surface area (Å²) in [7, 11) is 0. The van der Waals surface area contributed by atoms with Crippen LogP contribution in [0.4, 0.5) is 5.69 Å². The molecule has 2 aromatic carbocycles. The number of benzene rings is 2. The van der Waals surface area contributed by atoms with E-state index >= 15 is 0 Å². The molecule has 0 radical (unpaired) electrons. The summed E-state index contributed by atoms with van der Waals surface area (Å²) in [4.78, 5) is 25.6. The zero-order chi connectivity index (χ0) is 21.3. The molecule has 0 aliphatic carbocycles. The molecule has 0 saturated carbocycles. The molecule has 4 rings (SSSR count). The van der Waals surface area contributed by atoms with E-state index in [0.29, 0.717) is 28.4 Å². The highest BCUT2D eigenvalue weighted by molar-refractivity contribution is 8.00. The van der Waals surface area contributed by atoms with Gasteiger partial charge >= 0.3 is 0 Å². The van der Waals surface area contributed by atoms with Crippen LogP contribution < -0.4 is 10.9 Å². The van der Waals surface area contributed by atoms with E-state index in [2.05, 4.69) is 22.1 Å². The molecule has 0 saturated heterocycles. The van der Waals surface area contributed by atoms with Crippen molar-refractivity contribution in [3.8, 4) is 0 Å². The van der Waals surface area contributed by atoms with Crippen LogP contribution in [0.15, 0.2) is 71.1 Å². The molecule has 0 bridgehead atoms. The SMILES string of the molecule is C=CCn1c(=O)c2ccccc2n2c(SC(C)C(=O)Nc3ccc(C)cc3)nnc12. The summed E-state index contributed by atoms with van der Waals surface area (Å²) < 4.78 is 3.35. The molecule has 8 heteroatoms. The Morgan fingerprint density at radius 1 is 1.20 bits per heavy atom. The summed E-state index contributed by atoms with van der Waals surface area (Å²) in [6.07, 6.45) is 1.65. The Labute approximate surface area is 177 Å². The Morgan fingerprint density at radius 2 is 1.93 bits per heavy atom. The van der Waals surface area contributed by atoms with E-state index in [9.17, 15) is 9.59 Å². The fourth-order valence-corrected chi connectivity index (χ4v) is 4.05. The molecular formula is C22H21N5O2S. The number of nitrogens with one attached hydrogen (secondary N) is 1. The third-order valence-corrected chi connectivity index (χ3v) is 5.80. The summed E-state index contributed by atoms with van der Waals surface area (Å²) >= 11 is 1.29. The van der Waals surface area contributed by atoms with Gasteiger partial charge in [-0.05, 0) is 38.1 Å². The standard InChI is InChI=1S/C22H21N5O2S/c1-4-13-26-20(29)17-7-5-6-8-18(17)27-21(26)24-25-22(27)30-15(3)19(28)23-16-11-9-14(2)10-12-16/h4-12,15H,1,13H2,2-3H3,(H,23,28). The first kappa shape index (κ1) is 19.9. The monoisotopic (exact) mass is 419 g/mol. The second-order valence-corrected chi connectivity index (χ2v) is 8.26. The van der Waals surface area contributed by atoms with E-state index < -0.39 is 5.25 Å². The highest BCUT2D eigenvalue weighted by Gasteiger charge is 2.21. The summed E-state index contributed by atoms with van der Waals surface area (Å²) in [5.41, 5.74) is 2.43. The molecule has 4 aromatic rings. The quantitative estimate of drug-likeness (QED) is 0.381. The smallest absolute Gasteiger partial charge is 0.263 e. The Bertz CT molecular complexity index is 1310. The summed E-state index contributed by atoms with van der Waals surface area (Å²) in [5.74, 6) is 0.288. The normalized spacial score (nSPS) is 12.2. The van der Waals surface area contributed by atoms with Crippen molar-refractivity contribution in [3.63, 3.8) is 0 Å². The second-order valence-electron chi connectivity index (χ2n) is 6.95. The minimum Gasteiger partial charge on any atom is -0.325 e. The van der Waals surface area contributed by atoms with Gasteiger partial charge in [-0.3, -0.25) is 18.6 Å². The number of carbonyl (C=O) groups excluding carboxylic acids is 1. The van der Waals surface area contributed by atoms with Gasteiger partial charge in [0.2, 0.25) is 11.7 Å². The van der Waals surface area contributed by atoms with Crippen molar-refractivity contribution < 1.29 is 4.79 Å². The van der Waals surface area contributed by atoms with Gasteiger partial charge in [-0.25, -0.2) is 0 Å². The zero-order valence-electron chi connectivity index (χ0n) is 16.7. The molecule has 1 unspecified atom stereocenters. The van der Waals surface area contributed by atoms with Crippen LogP contribution in [0.25, 0.3) is 16.7 Å². The number of aromatic nitrogens is 4. The van der Waals surface area contributed by atoms with Crippen LogP contribution in [0.3, 0.4) is 0 Å². The summed E-state index contributed by atoms with van der Waals surface area (Å²) in [6.45, 7) is 7.86. The van der Waals surface area contributed by atoms with Crippen LogP contribution in [0, 0.1) is 6.92 Å². The fraction of sp³-hybridized carbons (Fsp3) is 0.182. The Morgan fingerprint density at radius 3 is 2.67 bits per heavy atom. The van der Waals surface area contributed by atoms with E-state index in [1.54, 1.807) is 12.1 Å². The number of anilines is 1. The van der Waals surface area contributed by atoms with Crippen molar-refractivity contribution in [2.24, 2.45) is 0 Å². The van der Waals surface area contributed by atoms with Crippen molar-refractivity contribution in [2.75, 3.05) is 5.32 Å². The number of nitrogens with zero attached hydrogens (tertiary/aromatic N) is 4. The molecular weight excluding hydrogens is 398 g/mol.